The van der Waals surface area contributed by atoms with Crippen LogP contribution in [0.5, 0.6) is 0 Å². The van der Waals surface area contributed by atoms with Gasteiger partial charge < -0.3 is 11.5 Å². The number of azo groups is 1. The van der Waals surface area contributed by atoms with E-state index in [9.17, 15) is 0 Å². The fourth-order valence-electron chi connectivity index (χ4n) is 2.00. The van der Waals surface area contributed by atoms with Crippen molar-refractivity contribution in [2.45, 2.75) is 0 Å². The predicted molar refractivity (Wildman–Crippen MR) is 93.3 cm³/mol. The van der Waals surface area contributed by atoms with Crippen molar-refractivity contribution >= 4 is 49.7 Å². The lowest BCUT2D eigenvalue weighted by molar-refractivity contribution is 1.18. The van der Waals surface area contributed by atoms with E-state index in [1.165, 1.54) is 6.20 Å². The highest BCUT2D eigenvalue weighted by atomic mass is 79.9. The summed E-state index contributed by atoms with van der Waals surface area (Å²) in [7, 11) is 0. The van der Waals surface area contributed by atoms with E-state index in [0.29, 0.717) is 22.9 Å². The van der Waals surface area contributed by atoms with Crippen LogP contribution in [0.4, 0.5) is 17.2 Å². The van der Waals surface area contributed by atoms with Crippen molar-refractivity contribution in [2.75, 3.05) is 5.73 Å². The van der Waals surface area contributed by atoms with Gasteiger partial charge in [-0.15, -0.1) is 10.2 Å². The second kappa shape index (κ2) is 6.09. The molecule has 0 aliphatic rings. The van der Waals surface area contributed by atoms with Crippen molar-refractivity contribution in [3.8, 4) is 0 Å². The van der Waals surface area contributed by atoms with Gasteiger partial charge in [0.15, 0.2) is 5.82 Å². The van der Waals surface area contributed by atoms with E-state index in [1.807, 2.05) is 18.2 Å². The van der Waals surface area contributed by atoms with Crippen molar-refractivity contribution < 1.29 is 0 Å². The molecule has 0 unspecified atom stereocenters. The van der Waals surface area contributed by atoms with Crippen LogP contribution in [0, 0.1) is 5.41 Å². The van der Waals surface area contributed by atoms with Gasteiger partial charge >= 0.3 is 0 Å². The highest BCUT2D eigenvalue weighted by molar-refractivity contribution is 9.10. The molecule has 2 heterocycles. The number of pyridine rings is 2. The maximum atomic E-state index is 7.31. The first-order valence-electron chi connectivity index (χ1n) is 6.60. The molecule has 0 aliphatic carbocycles. The minimum Gasteiger partial charge on any atom is -0.382 e. The fraction of sp³-hybridized carbons (Fsp3) is 0. The Balaban J connectivity index is 2.01. The Morgan fingerprint density at radius 3 is 2.61 bits per heavy atom. The Kier molecular flexibility index (Phi) is 3.98. The molecule has 7 nitrogen and oxygen atoms in total. The van der Waals surface area contributed by atoms with Crippen molar-refractivity contribution in [1.82, 2.24) is 9.97 Å². The van der Waals surface area contributed by atoms with E-state index < -0.39 is 0 Å². The van der Waals surface area contributed by atoms with E-state index in [-0.39, 0.29) is 5.84 Å². The van der Waals surface area contributed by atoms with Gasteiger partial charge in [0.25, 0.3) is 0 Å². The Bertz CT molecular complexity index is 914. The molecule has 114 valence electrons. The number of anilines is 1. The largest absolute Gasteiger partial charge is 0.382 e. The van der Waals surface area contributed by atoms with Gasteiger partial charge in [0.2, 0.25) is 0 Å². The number of hydrogen-bond acceptors (Lipinski definition) is 6. The van der Waals surface area contributed by atoms with E-state index in [4.69, 9.17) is 16.9 Å². The average Bonchev–Trinajstić information content (AvgIpc) is 2.54. The number of fused-ring (bicyclic) bond motifs is 1. The third kappa shape index (κ3) is 3.16. The second-order valence-corrected chi connectivity index (χ2v) is 5.65. The van der Waals surface area contributed by atoms with Gasteiger partial charge in [0.05, 0.1) is 6.20 Å². The molecule has 0 fully saturated rings. The first-order chi connectivity index (χ1) is 11.0. The Hall–Kier alpha value is -2.87. The summed E-state index contributed by atoms with van der Waals surface area (Å²) in [4.78, 5) is 8.17. The minimum absolute atomic E-state index is 0.0964. The zero-order chi connectivity index (χ0) is 16.4. The molecule has 0 radical (unpaired) electrons. The molecule has 8 heteroatoms. The van der Waals surface area contributed by atoms with Gasteiger partial charge in [-0.1, -0.05) is 22.0 Å². The van der Waals surface area contributed by atoms with E-state index in [0.717, 1.165) is 15.2 Å². The third-order valence-electron chi connectivity index (χ3n) is 3.15. The van der Waals surface area contributed by atoms with E-state index in [1.54, 1.807) is 18.3 Å². The molecule has 0 bridgehead atoms. The summed E-state index contributed by atoms with van der Waals surface area (Å²) in [5, 5.41) is 17.4. The van der Waals surface area contributed by atoms with Gasteiger partial charge in [-0.05, 0) is 24.3 Å². The quantitative estimate of drug-likeness (QED) is 0.369. The fourth-order valence-corrected chi connectivity index (χ4v) is 2.36. The molecule has 0 atom stereocenters. The molecular formula is C15H12BrN7. The monoisotopic (exact) mass is 369 g/mol. The number of nitrogens with zero attached hydrogens (tertiary/aromatic N) is 4. The number of nitrogens with two attached hydrogens (primary N) is 2. The number of hydrogen-bond donors (Lipinski definition) is 3. The summed E-state index contributed by atoms with van der Waals surface area (Å²) in [6.45, 7) is 0. The smallest absolute Gasteiger partial charge is 0.151 e. The first kappa shape index (κ1) is 15.0. The summed E-state index contributed by atoms with van der Waals surface area (Å²) in [6, 6.07) is 9.05. The molecule has 0 aliphatic heterocycles. The number of benzene rings is 1. The predicted octanol–water partition coefficient (Wildman–Crippen LogP) is 3.67. The summed E-state index contributed by atoms with van der Waals surface area (Å²) >= 11 is 3.43. The van der Waals surface area contributed by atoms with Crippen molar-refractivity contribution in [1.29, 1.82) is 5.41 Å². The standard InChI is InChI=1S/C15H12BrN7/c16-9-2-1-8-6-21-15(19)13(11(8)5-9)23-22-10-3-4-12(14(17)18)20-7-10/h1-7H,(H3,17,18)(H2,19,21). The maximum absolute atomic E-state index is 7.31. The Morgan fingerprint density at radius 1 is 1.09 bits per heavy atom. The number of rotatable bonds is 3. The highest BCUT2D eigenvalue weighted by Crippen LogP contribution is 2.33. The van der Waals surface area contributed by atoms with Gasteiger partial charge in [0, 0.05) is 21.4 Å². The molecular weight excluding hydrogens is 358 g/mol. The number of nitrogens with one attached hydrogen (secondary N) is 1. The zero-order valence-electron chi connectivity index (χ0n) is 11.9. The van der Waals surface area contributed by atoms with Crippen LogP contribution >= 0.6 is 15.9 Å². The third-order valence-corrected chi connectivity index (χ3v) is 3.64. The molecule has 0 amide bonds. The Morgan fingerprint density at radius 2 is 1.91 bits per heavy atom. The molecule has 1 aromatic carbocycles. The van der Waals surface area contributed by atoms with Crippen LogP contribution in [0.2, 0.25) is 0 Å². The van der Waals surface area contributed by atoms with E-state index >= 15 is 0 Å². The first-order valence-corrected chi connectivity index (χ1v) is 7.40. The molecule has 23 heavy (non-hydrogen) atoms. The van der Waals surface area contributed by atoms with Crippen LogP contribution in [0.25, 0.3) is 10.8 Å². The molecule has 2 aromatic heterocycles. The molecule has 0 spiro atoms. The maximum Gasteiger partial charge on any atom is 0.151 e. The van der Waals surface area contributed by atoms with Gasteiger partial charge in [-0.2, -0.15) is 0 Å². The SMILES string of the molecule is N=C(N)c1ccc(N=Nc2c(N)ncc3ccc(Br)cc23)cn1. The molecule has 3 aromatic rings. The van der Waals surface area contributed by atoms with Gasteiger partial charge in [-0.25, -0.2) is 4.98 Å². The van der Waals surface area contributed by atoms with Crippen LogP contribution in [0.3, 0.4) is 0 Å². The molecule has 0 saturated carbocycles. The summed E-state index contributed by atoms with van der Waals surface area (Å²) < 4.78 is 0.916. The number of nitrogen functional groups attached to an aromatic ring is 2. The summed E-state index contributed by atoms with van der Waals surface area (Å²) in [5.74, 6) is 0.202. The topological polar surface area (TPSA) is 126 Å². The van der Waals surface area contributed by atoms with Crippen LogP contribution < -0.4 is 11.5 Å². The highest BCUT2D eigenvalue weighted by Gasteiger charge is 2.07. The number of aromatic nitrogens is 2. The summed E-state index contributed by atoms with van der Waals surface area (Å²) in [6.07, 6.45) is 3.18. The normalized spacial score (nSPS) is 11.2. The lowest BCUT2D eigenvalue weighted by atomic mass is 10.1. The van der Waals surface area contributed by atoms with Crippen LogP contribution in [-0.2, 0) is 0 Å². The van der Waals surface area contributed by atoms with Crippen LogP contribution in [0.15, 0.2) is 57.4 Å². The molecule has 3 rings (SSSR count). The number of halogens is 1. The minimum atomic E-state index is -0.0964. The molecule has 0 saturated heterocycles. The number of amidine groups is 1. The second-order valence-electron chi connectivity index (χ2n) is 4.74. The van der Waals surface area contributed by atoms with Gasteiger partial charge in [-0.3, -0.25) is 10.4 Å². The lowest BCUT2D eigenvalue weighted by Crippen LogP contribution is -2.12. The Labute approximate surface area is 140 Å². The van der Waals surface area contributed by atoms with Crippen LogP contribution in [-0.4, -0.2) is 15.8 Å². The van der Waals surface area contributed by atoms with E-state index in [2.05, 4.69) is 36.1 Å². The lowest BCUT2D eigenvalue weighted by Gasteiger charge is -2.04. The average molecular weight is 370 g/mol. The molecule has 5 N–H and O–H groups in total. The van der Waals surface area contributed by atoms with Crippen molar-refractivity contribution in [2.24, 2.45) is 16.0 Å². The summed E-state index contributed by atoms with van der Waals surface area (Å²) in [5.41, 5.74) is 12.7. The van der Waals surface area contributed by atoms with Gasteiger partial charge in [0.1, 0.15) is 22.9 Å². The van der Waals surface area contributed by atoms with Crippen molar-refractivity contribution in [3.05, 3.63) is 52.9 Å². The zero-order valence-corrected chi connectivity index (χ0v) is 13.4. The van der Waals surface area contributed by atoms with Crippen LogP contribution in [0.1, 0.15) is 5.69 Å². The van der Waals surface area contributed by atoms with Crippen molar-refractivity contribution in [3.63, 3.8) is 0 Å².